The standard InChI is InChI=1S/C21H24ClN3O5S/c1-24(2)31(27,28)14-6-7-18(25-8-4-3-5-9-25)15(10-14)21(26)23-17-12-20-19(11-16(17)22)29-13-30-20/h6-7,10-12H,3-5,8-9,13H2,1-2H3,(H,23,26). The van der Waals surface area contributed by atoms with E-state index in [-0.39, 0.29) is 17.3 Å². The third-order valence-corrected chi connectivity index (χ3v) is 7.52. The van der Waals surface area contributed by atoms with Crippen LogP contribution in [0.1, 0.15) is 29.6 Å². The fourth-order valence-electron chi connectivity index (χ4n) is 3.68. The molecule has 0 atom stereocenters. The molecule has 1 amide bonds. The van der Waals surface area contributed by atoms with Gasteiger partial charge in [-0.05, 0) is 37.5 Å². The zero-order valence-electron chi connectivity index (χ0n) is 17.4. The number of sulfonamides is 1. The Labute approximate surface area is 186 Å². The summed E-state index contributed by atoms with van der Waals surface area (Å²) in [4.78, 5) is 15.5. The van der Waals surface area contributed by atoms with Gasteiger partial charge in [0.15, 0.2) is 11.5 Å². The monoisotopic (exact) mass is 465 g/mol. The molecule has 0 saturated carbocycles. The highest BCUT2D eigenvalue weighted by Gasteiger charge is 2.25. The molecule has 31 heavy (non-hydrogen) atoms. The van der Waals surface area contributed by atoms with E-state index in [1.807, 2.05) is 0 Å². The van der Waals surface area contributed by atoms with Crippen LogP contribution in [0.5, 0.6) is 11.5 Å². The SMILES string of the molecule is CN(C)S(=O)(=O)c1ccc(N2CCCCC2)c(C(=O)Nc2cc3c(cc2Cl)OCO3)c1. The maximum absolute atomic E-state index is 13.3. The van der Waals surface area contributed by atoms with Crippen molar-refractivity contribution in [2.45, 2.75) is 24.2 Å². The predicted octanol–water partition coefficient (Wildman–Crippen LogP) is 3.56. The summed E-state index contributed by atoms with van der Waals surface area (Å²) in [5.74, 6) is 0.549. The molecule has 1 fully saturated rings. The van der Waals surface area contributed by atoms with E-state index < -0.39 is 15.9 Å². The van der Waals surface area contributed by atoms with Crippen LogP contribution in [0, 0.1) is 0 Å². The number of carbonyl (C=O) groups is 1. The van der Waals surface area contributed by atoms with E-state index in [1.54, 1.807) is 24.3 Å². The normalized spacial score (nSPS) is 15.9. The number of amides is 1. The molecule has 0 aromatic heterocycles. The lowest BCUT2D eigenvalue weighted by molar-refractivity contribution is 0.102. The van der Waals surface area contributed by atoms with Crippen molar-refractivity contribution in [1.82, 2.24) is 4.31 Å². The van der Waals surface area contributed by atoms with E-state index in [0.717, 1.165) is 36.7 Å². The molecule has 4 rings (SSSR count). The summed E-state index contributed by atoms with van der Waals surface area (Å²) in [6.07, 6.45) is 3.18. The third kappa shape index (κ3) is 4.30. The Balaban J connectivity index is 1.72. The van der Waals surface area contributed by atoms with E-state index in [9.17, 15) is 13.2 Å². The lowest BCUT2D eigenvalue weighted by Crippen LogP contribution is -2.32. The van der Waals surface area contributed by atoms with Crippen molar-refractivity contribution in [2.75, 3.05) is 44.2 Å². The van der Waals surface area contributed by atoms with Gasteiger partial charge in [0.25, 0.3) is 5.91 Å². The van der Waals surface area contributed by atoms with E-state index in [4.69, 9.17) is 21.1 Å². The second kappa shape index (κ2) is 8.57. The second-order valence-electron chi connectivity index (χ2n) is 7.65. The topological polar surface area (TPSA) is 88.2 Å². The summed E-state index contributed by atoms with van der Waals surface area (Å²) in [6, 6.07) is 7.86. The average Bonchev–Trinajstić information content (AvgIpc) is 3.21. The van der Waals surface area contributed by atoms with Crippen molar-refractivity contribution < 1.29 is 22.7 Å². The van der Waals surface area contributed by atoms with Crippen molar-refractivity contribution in [1.29, 1.82) is 0 Å². The number of piperidine rings is 1. The Hall–Kier alpha value is -2.49. The maximum Gasteiger partial charge on any atom is 0.257 e. The lowest BCUT2D eigenvalue weighted by Gasteiger charge is -2.30. The first-order chi connectivity index (χ1) is 14.8. The van der Waals surface area contributed by atoms with Gasteiger partial charge >= 0.3 is 0 Å². The van der Waals surface area contributed by atoms with Crippen molar-refractivity contribution in [3.8, 4) is 11.5 Å². The maximum atomic E-state index is 13.3. The summed E-state index contributed by atoms with van der Waals surface area (Å²) >= 11 is 6.31. The van der Waals surface area contributed by atoms with Crippen LogP contribution in [0.25, 0.3) is 0 Å². The summed E-state index contributed by atoms with van der Waals surface area (Å²) in [7, 11) is -0.781. The van der Waals surface area contributed by atoms with Crippen molar-refractivity contribution in [3.63, 3.8) is 0 Å². The molecule has 0 spiro atoms. The van der Waals surface area contributed by atoms with Gasteiger partial charge in [0.05, 0.1) is 21.2 Å². The molecule has 1 saturated heterocycles. The third-order valence-electron chi connectivity index (χ3n) is 5.40. The summed E-state index contributed by atoms with van der Waals surface area (Å²) < 4.78 is 37.1. The van der Waals surface area contributed by atoms with E-state index in [1.165, 1.54) is 20.2 Å². The Morgan fingerprint density at radius 1 is 1.06 bits per heavy atom. The first-order valence-electron chi connectivity index (χ1n) is 9.99. The molecule has 2 aromatic rings. The number of anilines is 2. The minimum atomic E-state index is -3.70. The van der Waals surface area contributed by atoms with Crippen LogP contribution in [0.4, 0.5) is 11.4 Å². The number of carbonyl (C=O) groups excluding carboxylic acids is 1. The predicted molar refractivity (Wildman–Crippen MR) is 119 cm³/mol. The van der Waals surface area contributed by atoms with Crippen molar-refractivity contribution >= 4 is 38.9 Å². The van der Waals surface area contributed by atoms with Gasteiger partial charge in [0.1, 0.15) is 0 Å². The molecule has 0 radical (unpaired) electrons. The lowest BCUT2D eigenvalue weighted by atomic mass is 10.1. The fourth-order valence-corrected chi connectivity index (χ4v) is 4.81. The number of hydrogen-bond donors (Lipinski definition) is 1. The zero-order valence-corrected chi connectivity index (χ0v) is 18.9. The molecule has 0 aliphatic carbocycles. The highest BCUT2D eigenvalue weighted by atomic mass is 35.5. The largest absolute Gasteiger partial charge is 0.454 e. The Morgan fingerprint density at radius 3 is 2.42 bits per heavy atom. The van der Waals surface area contributed by atoms with Crippen LogP contribution >= 0.6 is 11.6 Å². The molecule has 0 unspecified atom stereocenters. The molecule has 10 heteroatoms. The van der Waals surface area contributed by atoms with Crippen LogP contribution in [-0.4, -0.2) is 52.6 Å². The Bertz CT molecular complexity index is 1110. The van der Waals surface area contributed by atoms with Crippen LogP contribution in [0.15, 0.2) is 35.2 Å². The molecule has 2 aliphatic rings. The number of benzene rings is 2. The number of fused-ring (bicyclic) bond motifs is 1. The number of halogens is 1. The molecule has 1 N–H and O–H groups in total. The highest BCUT2D eigenvalue weighted by Crippen LogP contribution is 2.39. The number of nitrogens with one attached hydrogen (secondary N) is 1. The first-order valence-corrected chi connectivity index (χ1v) is 11.8. The summed E-state index contributed by atoms with van der Waals surface area (Å²) in [6.45, 7) is 1.71. The minimum absolute atomic E-state index is 0.0557. The molecule has 8 nitrogen and oxygen atoms in total. The highest BCUT2D eigenvalue weighted by molar-refractivity contribution is 7.89. The summed E-state index contributed by atoms with van der Waals surface area (Å²) in [5, 5.41) is 3.10. The van der Waals surface area contributed by atoms with Crippen LogP contribution in [0.3, 0.4) is 0 Å². The van der Waals surface area contributed by atoms with Gasteiger partial charge in [-0.2, -0.15) is 0 Å². The average molecular weight is 466 g/mol. The van der Waals surface area contributed by atoms with E-state index in [0.29, 0.717) is 27.9 Å². The quantitative estimate of drug-likeness (QED) is 0.726. The number of hydrogen-bond acceptors (Lipinski definition) is 6. The van der Waals surface area contributed by atoms with Crippen LogP contribution in [0.2, 0.25) is 5.02 Å². The van der Waals surface area contributed by atoms with Gasteiger partial charge in [0.2, 0.25) is 16.8 Å². The molecular weight excluding hydrogens is 442 g/mol. The summed E-state index contributed by atoms with van der Waals surface area (Å²) in [5.41, 5.74) is 1.34. The van der Waals surface area contributed by atoms with Gasteiger partial charge < -0.3 is 19.7 Å². The molecule has 2 heterocycles. The number of nitrogens with zero attached hydrogens (tertiary/aromatic N) is 2. The fraction of sp³-hybridized carbons (Fsp3) is 0.381. The van der Waals surface area contributed by atoms with Gasteiger partial charge in [-0.1, -0.05) is 11.6 Å². The minimum Gasteiger partial charge on any atom is -0.454 e. The van der Waals surface area contributed by atoms with Crippen LogP contribution < -0.4 is 19.7 Å². The Kier molecular flexibility index (Phi) is 6.00. The number of ether oxygens (including phenoxy) is 2. The number of rotatable bonds is 5. The second-order valence-corrected chi connectivity index (χ2v) is 10.2. The smallest absolute Gasteiger partial charge is 0.257 e. The van der Waals surface area contributed by atoms with E-state index in [2.05, 4.69) is 10.2 Å². The molecule has 166 valence electrons. The van der Waals surface area contributed by atoms with Crippen molar-refractivity contribution in [3.05, 3.63) is 40.9 Å². The van der Waals surface area contributed by atoms with E-state index >= 15 is 0 Å². The van der Waals surface area contributed by atoms with Gasteiger partial charge in [-0.25, -0.2) is 12.7 Å². The van der Waals surface area contributed by atoms with Crippen molar-refractivity contribution in [2.24, 2.45) is 0 Å². The Morgan fingerprint density at radius 2 is 1.74 bits per heavy atom. The molecule has 2 aromatic carbocycles. The molecular formula is C21H24ClN3O5S. The molecule has 0 bridgehead atoms. The van der Waals surface area contributed by atoms with Gasteiger partial charge in [-0.3, -0.25) is 4.79 Å². The first kappa shape index (κ1) is 21.7. The zero-order chi connectivity index (χ0) is 22.2. The van der Waals surface area contributed by atoms with Gasteiger partial charge in [-0.15, -0.1) is 0 Å². The van der Waals surface area contributed by atoms with Crippen LogP contribution in [-0.2, 0) is 10.0 Å². The molecule has 2 aliphatic heterocycles. The van der Waals surface area contributed by atoms with Gasteiger partial charge in [0, 0.05) is 45.0 Å².